The van der Waals surface area contributed by atoms with Crippen molar-refractivity contribution in [1.82, 2.24) is 13.5 Å². The standard InChI is InChI=1S/C23H34F3IN4O5/c1-2-3-4-5-18-6-8-19(9-7-18)29-14-16-31(17-15-29)27(34,35)22(20(32)28-36)10-12-30(13-11-22)21(33)23(24,25)26/h6-9,36H,2-5,10-17H2,1H3,(H,28,32)(H,34,35). The summed E-state index contributed by atoms with van der Waals surface area (Å²) in [6.07, 6.45) is -1.48. The van der Waals surface area contributed by atoms with Crippen LogP contribution in [0.4, 0.5) is 18.9 Å². The van der Waals surface area contributed by atoms with Crippen molar-refractivity contribution in [1.29, 1.82) is 0 Å². The van der Waals surface area contributed by atoms with E-state index < -0.39 is 66.5 Å². The van der Waals surface area contributed by atoms with Crippen molar-refractivity contribution in [2.24, 2.45) is 0 Å². The summed E-state index contributed by atoms with van der Waals surface area (Å²) < 4.78 is 62.9. The number of hydrogen-bond acceptors (Lipinski definition) is 5. The summed E-state index contributed by atoms with van der Waals surface area (Å²) in [5.41, 5.74) is 3.67. The zero-order chi connectivity index (χ0) is 26.6. The van der Waals surface area contributed by atoms with Gasteiger partial charge in [0.15, 0.2) is 0 Å². The molecule has 13 heteroatoms. The Hall–Kier alpha value is -1.84. The SMILES string of the molecule is CCCCCc1ccc(N2CCN(I(=O)(O)C3(C(=O)NO)CCN(C(=O)C(F)(F)F)CC3)CC2)cc1. The van der Waals surface area contributed by atoms with E-state index in [4.69, 9.17) is 0 Å². The quantitative estimate of drug-likeness (QED) is 0.101. The molecule has 2 aliphatic heterocycles. The molecule has 1 aromatic carbocycles. The van der Waals surface area contributed by atoms with Crippen LogP contribution in [0.25, 0.3) is 0 Å². The maximum atomic E-state index is 13.8. The molecule has 2 heterocycles. The third kappa shape index (κ3) is 6.00. The molecule has 0 saturated carbocycles. The number of piperazine rings is 1. The number of rotatable bonds is 8. The number of benzene rings is 1. The first-order valence-corrected chi connectivity index (χ1v) is 16.0. The summed E-state index contributed by atoms with van der Waals surface area (Å²) in [4.78, 5) is 26.8. The molecule has 9 nitrogen and oxygen atoms in total. The van der Waals surface area contributed by atoms with Gasteiger partial charge in [0.25, 0.3) is 0 Å². The molecule has 2 fully saturated rings. The Balaban J connectivity index is 1.67. The van der Waals surface area contributed by atoms with E-state index >= 15 is 0 Å². The molecule has 1 aromatic rings. The van der Waals surface area contributed by atoms with Crippen molar-refractivity contribution in [2.75, 3.05) is 44.2 Å². The summed E-state index contributed by atoms with van der Waals surface area (Å²) in [7, 11) is 0. The molecule has 1 unspecified atom stereocenters. The number of nitrogens with one attached hydrogen (secondary N) is 1. The molecule has 2 aliphatic rings. The molecule has 2 saturated heterocycles. The molecule has 0 bridgehead atoms. The summed E-state index contributed by atoms with van der Waals surface area (Å²) >= 11 is -5.38. The molecule has 0 aromatic heterocycles. The number of alkyl halides is 4. The molecule has 1 atom stereocenters. The molecular formula is C23H34F3IN4O5. The summed E-state index contributed by atoms with van der Waals surface area (Å²) in [5.74, 6) is -3.15. The van der Waals surface area contributed by atoms with E-state index in [1.165, 1.54) is 20.6 Å². The first-order chi connectivity index (χ1) is 17.0. The Morgan fingerprint density at radius 1 is 1.03 bits per heavy atom. The van der Waals surface area contributed by atoms with Gasteiger partial charge in [-0.2, -0.15) is 0 Å². The molecule has 2 amide bonds. The fraction of sp³-hybridized carbons (Fsp3) is 0.652. The molecule has 0 aliphatic carbocycles. The van der Waals surface area contributed by atoms with Crippen molar-refractivity contribution in [3.63, 3.8) is 0 Å². The Labute approximate surface area is 213 Å². The topological polar surface area (TPSA) is 113 Å². The van der Waals surface area contributed by atoms with Crippen molar-refractivity contribution >= 4 is 36.6 Å². The van der Waals surface area contributed by atoms with Crippen LogP contribution in [-0.4, -0.2) is 77.3 Å². The van der Waals surface area contributed by atoms with Gasteiger partial charge in [0.2, 0.25) is 0 Å². The van der Waals surface area contributed by atoms with Crippen molar-refractivity contribution < 1.29 is 34.5 Å². The van der Waals surface area contributed by atoms with Gasteiger partial charge in [-0.1, -0.05) is 6.92 Å². The van der Waals surface area contributed by atoms with Crippen LogP contribution in [0, 0.1) is 0 Å². The number of carbonyl (C=O) groups is 2. The molecule has 0 radical (unpaired) electrons. The fourth-order valence-electron chi connectivity index (χ4n) is 4.78. The van der Waals surface area contributed by atoms with E-state index in [0.717, 1.165) is 24.9 Å². The van der Waals surface area contributed by atoms with E-state index in [0.29, 0.717) is 18.0 Å². The first kappa shape index (κ1) is 28.7. The van der Waals surface area contributed by atoms with Crippen LogP contribution in [0.1, 0.15) is 44.6 Å². The third-order valence-electron chi connectivity index (χ3n) is 6.99. The van der Waals surface area contributed by atoms with Crippen molar-refractivity contribution in [2.45, 2.75) is 55.0 Å². The Morgan fingerprint density at radius 3 is 2.11 bits per heavy atom. The van der Waals surface area contributed by atoms with Crippen molar-refractivity contribution in [3.8, 4) is 0 Å². The third-order valence-corrected chi connectivity index (χ3v) is 14.1. The van der Waals surface area contributed by atoms with Gasteiger partial charge >= 0.3 is 207 Å². The fourth-order valence-corrected chi connectivity index (χ4v) is 10.5. The van der Waals surface area contributed by atoms with Gasteiger partial charge < -0.3 is 0 Å². The zero-order valence-electron chi connectivity index (χ0n) is 20.3. The molecule has 3 N–H and O–H groups in total. The number of unbranched alkanes of at least 4 members (excludes halogenated alkanes) is 2. The van der Waals surface area contributed by atoms with Gasteiger partial charge in [0, 0.05) is 0 Å². The van der Waals surface area contributed by atoms with Gasteiger partial charge in [-0.3, -0.25) is 0 Å². The summed E-state index contributed by atoms with van der Waals surface area (Å²) in [6, 6.07) is 8.20. The Kier molecular flexibility index (Phi) is 9.33. The van der Waals surface area contributed by atoms with Gasteiger partial charge in [-0.25, -0.2) is 0 Å². The van der Waals surface area contributed by atoms with E-state index in [9.17, 15) is 34.5 Å². The van der Waals surface area contributed by atoms with Gasteiger partial charge in [-0.15, -0.1) is 0 Å². The van der Waals surface area contributed by atoms with Crippen LogP contribution in [0.5, 0.6) is 0 Å². The minimum atomic E-state index is -5.38. The Bertz CT molecular complexity index is 959. The number of halogens is 4. The van der Waals surface area contributed by atoms with Crippen LogP contribution in [0.3, 0.4) is 0 Å². The average molecular weight is 630 g/mol. The van der Waals surface area contributed by atoms with Crippen molar-refractivity contribution in [3.05, 3.63) is 29.8 Å². The zero-order valence-corrected chi connectivity index (χ0v) is 22.4. The summed E-state index contributed by atoms with van der Waals surface area (Å²) in [6.45, 7) is 2.36. The van der Waals surface area contributed by atoms with E-state index in [-0.39, 0.29) is 13.1 Å². The van der Waals surface area contributed by atoms with Crippen LogP contribution in [0.15, 0.2) is 24.3 Å². The second-order valence-corrected chi connectivity index (χ2v) is 15.2. The molecule has 3 rings (SSSR count). The molecular weight excluding hydrogens is 596 g/mol. The molecule has 36 heavy (non-hydrogen) atoms. The second kappa shape index (κ2) is 11.7. The number of carbonyl (C=O) groups excluding carboxylic acids is 2. The summed E-state index contributed by atoms with van der Waals surface area (Å²) in [5, 5.41) is 9.29. The van der Waals surface area contributed by atoms with E-state index in [1.807, 2.05) is 12.1 Å². The number of piperidine rings is 1. The normalized spacial score (nSPS) is 21.5. The average Bonchev–Trinajstić information content (AvgIpc) is 2.88. The molecule has 204 valence electrons. The van der Waals surface area contributed by atoms with Crippen LogP contribution in [-0.2, 0) is 19.1 Å². The number of likely N-dealkylation sites (tertiary alicyclic amines) is 1. The van der Waals surface area contributed by atoms with Crippen LogP contribution in [0.2, 0.25) is 0 Å². The predicted octanol–water partition coefficient (Wildman–Crippen LogP) is 3.18. The maximum absolute atomic E-state index is 13.8. The number of hydroxylamine groups is 1. The van der Waals surface area contributed by atoms with Gasteiger partial charge in [0.05, 0.1) is 0 Å². The number of nitrogens with zero attached hydrogens (tertiary/aromatic N) is 3. The van der Waals surface area contributed by atoms with E-state index in [1.54, 1.807) is 0 Å². The number of aryl methyl sites for hydroxylation is 1. The first-order valence-electron chi connectivity index (χ1n) is 12.1. The molecule has 0 spiro atoms. The van der Waals surface area contributed by atoms with E-state index in [2.05, 4.69) is 24.0 Å². The predicted molar refractivity (Wildman–Crippen MR) is 135 cm³/mol. The Morgan fingerprint density at radius 2 is 1.61 bits per heavy atom. The number of anilines is 1. The van der Waals surface area contributed by atoms with Crippen LogP contribution < -0.4 is 10.4 Å². The van der Waals surface area contributed by atoms with Crippen LogP contribution >= 0.6 is 19.1 Å². The number of amides is 2. The second-order valence-electron chi connectivity index (χ2n) is 9.18. The minimum absolute atomic E-state index is 0.181. The number of hydrogen-bond donors (Lipinski definition) is 3. The van der Waals surface area contributed by atoms with Gasteiger partial charge in [0.1, 0.15) is 0 Å². The van der Waals surface area contributed by atoms with Gasteiger partial charge in [-0.05, 0) is 0 Å². The monoisotopic (exact) mass is 630 g/mol.